The fourth-order valence-corrected chi connectivity index (χ4v) is 14.6. The summed E-state index contributed by atoms with van der Waals surface area (Å²) in [4.78, 5) is 107. The Balaban J connectivity index is 1.19. The lowest BCUT2D eigenvalue weighted by Crippen LogP contribution is -2.47. The highest BCUT2D eigenvalue weighted by molar-refractivity contribution is 8.19. The number of aromatic nitrogens is 3. The second-order valence-electron chi connectivity index (χ2n) is 19.1. The second kappa shape index (κ2) is 24.1. The Morgan fingerprint density at radius 3 is 1.40 bits per heavy atom. The Hall–Kier alpha value is -10.4. The highest BCUT2D eigenvalue weighted by Gasteiger charge is 2.65. The number of thioether (sulfide) groups is 1. The summed E-state index contributed by atoms with van der Waals surface area (Å²) < 4.78 is 26.1. The van der Waals surface area contributed by atoms with Gasteiger partial charge < -0.3 is 18.9 Å². The molecule has 0 bridgehead atoms. The van der Waals surface area contributed by atoms with Gasteiger partial charge in [-0.25, -0.2) is 15.0 Å². The molecule has 1 saturated heterocycles. The zero-order valence-electron chi connectivity index (χ0n) is 45.3. The molecule has 422 valence electrons. The first-order valence-corrected chi connectivity index (χ1v) is 29.6. The van der Waals surface area contributed by atoms with Crippen molar-refractivity contribution >= 4 is 97.4 Å². The SMILES string of the molecule is CCN1C(=O)C(=Nc2nc3c(s2)-c2cc4c(cc2C3(C(=O)OCc2ccccc2)C(=O)OCc2ccccc2)-c2sc(/C=c3\sc(=C(C#N)C#N)n(CC)c3=O)nc2C4(C(=O)OCc2ccccc2)C(=O)OCc2ccccc2)SC1=C(C#N)C#N. The number of amides is 1. The summed E-state index contributed by atoms with van der Waals surface area (Å²) in [6.45, 7) is 2.22. The molecule has 23 heteroatoms. The van der Waals surface area contributed by atoms with E-state index in [-0.39, 0.29) is 123 Å². The average molecular weight is 1210 g/mol. The van der Waals surface area contributed by atoms with Gasteiger partial charge in [0.05, 0.1) is 25.7 Å². The van der Waals surface area contributed by atoms with Gasteiger partial charge in [0, 0.05) is 13.1 Å². The molecule has 11 rings (SSSR count). The highest BCUT2D eigenvalue weighted by atomic mass is 32.2. The van der Waals surface area contributed by atoms with Crippen molar-refractivity contribution in [2.24, 2.45) is 4.99 Å². The number of aliphatic imine (C=N–C) groups is 1. The number of ether oxygens (including phenoxy) is 4. The normalized spacial score (nSPS) is 14.4. The Labute approximate surface area is 505 Å². The van der Waals surface area contributed by atoms with Crippen LogP contribution in [-0.4, -0.2) is 60.8 Å². The number of esters is 4. The lowest BCUT2D eigenvalue weighted by molar-refractivity contribution is -0.166. The van der Waals surface area contributed by atoms with Crippen LogP contribution in [0.5, 0.6) is 0 Å². The van der Waals surface area contributed by atoms with Gasteiger partial charge in [-0.15, -0.1) is 22.7 Å². The van der Waals surface area contributed by atoms with Crippen LogP contribution < -0.4 is 14.8 Å². The molecule has 1 fully saturated rings. The van der Waals surface area contributed by atoms with Crippen LogP contribution in [0.2, 0.25) is 0 Å². The first-order chi connectivity index (χ1) is 41.8. The standard InChI is InChI=1S/C63H41N9O10S4/c1-3-71-53(73)46(83-55(71)40(28-64)29-65)27-47-68-50-48(84-47)42-25-45-43(26-44(42)62(50,57(75)79-32-36-17-9-5-10-18-36)58(76)80-33-37-19-11-6-12-20-37)49-51(69-61(85-49)70-52-54(74)72(4-2)56(86-52)41(30-66)31-67)63(45,59(77)81-34-38-21-13-7-14-22-38)60(78)82-35-39-23-15-8-16-24-39/h5-27H,3-4,32-35H2,1-2H3/b46-27-,70-52?. The van der Waals surface area contributed by atoms with E-state index >= 15 is 19.2 Å². The van der Waals surface area contributed by atoms with Crippen LogP contribution in [0.15, 0.2) is 154 Å². The van der Waals surface area contributed by atoms with E-state index in [1.165, 1.54) is 27.7 Å². The molecule has 1 amide bonds. The van der Waals surface area contributed by atoms with Gasteiger partial charge in [-0.3, -0.25) is 38.2 Å². The molecule has 8 aromatic rings. The summed E-state index contributed by atoms with van der Waals surface area (Å²) in [7, 11) is 0. The number of fused-ring (bicyclic) bond motifs is 6. The molecule has 0 saturated carbocycles. The number of benzene rings is 5. The van der Waals surface area contributed by atoms with Crippen LogP contribution in [0.1, 0.15) is 63.6 Å². The number of nitrogens with zero attached hydrogens (tertiary/aromatic N) is 9. The minimum atomic E-state index is -2.61. The van der Waals surface area contributed by atoms with E-state index in [1.54, 1.807) is 135 Å². The van der Waals surface area contributed by atoms with Crippen molar-refractivity contribution in [3.63, 3.8) is 0 Å². The van der Waals surface area contributed by atoms with Crippen LogP contribution >= 0.6 is 45.8 Å². The molecule has 19 nitrogen and oxygen atoms in total. The number of thiazole rings is 3. The van der Waals surface area contributed by atoms with Crippen molar-refractivity contribution in [3.05, 3.63) is 213 Å². The van der Waals surface area contributed by atoms with E-state index in [1.807, 2.05) is 24.3 Å². The minimum Gasteiger partial charge on any atom is -0.459 e. The van der Waals surface area contributed by atoms with Crippen molar-refractivity contribution in [1.29, 1.82) is 21.0 Å². The largest absolute Gasteiger partial charge is 0.459 e. The molecule has 0 radical (unpaired) electrons. The maximum absolute atomic E-state index is 15.8. The fourth-order valence-electron chi connectivity index (χ4n) is 10.2. The van der Waals surface area contributed by atoms with Crippen LogP contribution in [0.4, 0.5) is 5.13 Å². The third kappa shape index (κ3) is 9.94. The molecule has 0 spiro atoms. The summed E-state index contributed by atoms with van der Waals surface area (Å²) in [5.74, 6) is -5.16. The first-order valence-electron chi connectivity index (χ1n) is 26.3. The van der Waals surface area contributed by atoms with Gasteiger partial charge in [0.1, 0.15) is 65.4 Å². The van der Waals surface area contributed by atoms with E-state index < -0.39 is 46.2 Å². The molecule has 86 heavy (non-hydrogen) atoms. The monoisotopic (exact) mass is 1210 g/mol. The Bertz CT molecular complexity index is 4420. The van der Waals surface area contributed by atoms with E-state index in [0.717, 1.165) is 45.8 Å². The van der Waals surface area contributed by atoms with Gasteiger partial charge >= 0.3 is 23.9 Å². The van der Waals surface area contributed by atoms with Gasteiger partial charge in [-0.05, 0) is 88.3 Å². The number of rotatable bonds is 16. The maximum atomic E-state index is 15.8. The first kappa shape index (κ1) is 57.4. The van der Waals surface area contributed by atoms with Gasteiger partial charge in [0.25, 0.3) is 11.5 Å². The number of allylic oxidation sites excluding steroid dienone is 1. The van der Waals surface area contributed by atoms with Gasteiger partial charge in [0.2, 0.25) is 16.0 Å². The molecule has 5 aromatic carbocycles. The molecule has 0 unspecified atom stereocenters. The summed E-state index contributed by atoms with van der Waals surface area (Å²) in [5, 5.41) is 39.2. The summed E-state index contributed by atoms with van der Waals surface area (Å²) >= 11 is 3.48. The second-order valence-corrected chi connectivity index (χ2v) is 23.1. The molecule has 3 aliphatic rings. The van der Waals surface area contributed by atoms with Crippen molar-refractivity contribution in [1.82, 2.24) is 19.4 Å². The molecule has 2 aliphatic carbocycles. The van der Waals surface area contributed by atoms with Crippen LogP contribution in [0.25, 0.3) is 32.5 Å². The van der Waals surface area contributed by atoms with E-state index in [2.05, 4.69) is 4.99 Å². The predicted molar refractivity (Wildman–Crippen MR) is 317 cm³/mol. The third-order valence-corrected chi connectivity index (χ3v) is 18.5. The molecule has 0 N–H and O–H groups in total. The Morgan fingerprint density at radius 2 is 0.988 bits per heavy atom. The van der Waals surface area contributed by atoms with E-state index in [0.29, 0.717) is 22.3 Å². The topological polar surface area (TPSA) is 281 Å². The van der Waals surface area contributed by atoms with Crippen molar-refractivity contribution < 1.29 is 42.9 Å². The van der Waals surface area contributed by atoms with E-state index in [4.69, 9.17) is 28.9 Å². The maximum Gasteiger partial charge on any atom is 0.334 e. The molecular weight excluding hydrogens is 1170 g/mol. The van der Waals surface area contributed by atoms with Crippen molar-refractivity contribution in [3.8, 4) is 45.2 Å². The van der Waals surface area contributed by atoms with E-state index in [9.17, 15) is 30.6 Å². The Morgan fingerprint density at radius 1 is 0.570 bits per heavy atom. The molecular formula is C63H41N9O10S4. The van der Waals surface area contributed by atoms with Crippen LogP contribution in [0.3, 0.4) is 0 Å². The van der Waals surface area contributed by atoms with Crippen LogP contribution in [0, 0.1) is 45.3 Å². The van der Waals surface area contributed by atoms with Crippen molar-refractivity contribution in [2.45, 2.75) is 57.6 Å². The van der Waals surface area contributed by atoms with Gasteiger partial charge in [0.15, 0.2) is 16.2 Å². The molecule has 3 aromatic heterocycles. The number of nitriles is 4. The van der Waals surface area contributed by atoms with Crippen LogP contribution in [-0.2, 0) is 86.7 Å². The fraction of sp³-hybridized carbons (Fsp3) is 0.159. The number of carbonyl (C=O) groups excluding carboxylic acids is 5. The lowest BCUT2D eigenvalue weighted by atomic mass is 9.76. The molecule has 1 aliphatic heterocycles. The molecule has 4 heterocycles. The predicted octanol–water partition coefficient (Wildman–Crippen LogP) is 8.26. The minimum absolute atomic E-state index is 0.0320. The average Bonchev–Trinajstić information content (AvgIpc) is 1.52. The number of carbonyl (C=O) groups is 5. The Kier molecular flexibility index (Phi) is 16.1. The third-order valence-electron chi connectivity index (χ3n) is 14.2. The summed E-state index contributed by atoms with van der Waals surface area (Å²) in [6, 6.07) is 45.2. The smallest absolute Gasteiger partial charge is 0.334 e. The summed E-state index contributed by atoms with van der Waals surface area (Å²) in [5.41, 5.74) is -4.35. The number of hydrogen-bond donors (Lipinski definition) is 0. The number of hydrogen-bond acceptors (Lipinski definition) is 21. The summed E-state index contributed by atoms with van der Waals surface area (Å²) in [6.07, 6.45) is 1.42. The highest BCUT2D eigenvalue weighted by Crippen LogP contribution is 2.60. The van der Waals surface area contributed by atoms with Crippen molar-refractivity contribution in [2.75, 3.05) is 6.54 Å². The lowest BCUT2D eigenvalue weighted by Gasteiger charge is -2.28. The zero-order chi connectivity index (χ0) is 60.3. The van der Waals surface area contributed by atoms with Gasteiger partial charge in [-0.2, -0.15) is 21.0 Å². The zero-order valence-corrected chi connectivity index (χ0v) is 48.5. The van der Waals surface area contributed by atoms with Gasteiger partial charge in [-0.1, -0.05) is 133 Å². The quantitative estimate of drug-likeness (QED) is 0.0381. The molecule has 0 atom stereocenters.